The number of fused-ring (bicyclic) bond motifs is 1. The van der Waals surface area contributed by atoms with E-state index in [0.29, 0.717) is 22.6 Å². The maximum Gasteiger partial charge on any atom is 0.255 e. The van der Waals surface area contributed by atoms with Crippen molar-refractivity contribution in [2.75, 3.05) is 10.6 Å². The molecule has 1 aromatic heterocycles. The van der Waals surface area contributed by atoms with Gasteiger partial charge in [-0.2, -0.15) is 4.98 Å². The Labute approximate surface area is 228 Å². The SMILES string of the molecule is CC1=C(C(=O)Nc2cccc(C)c2C)C(c2ccc(C(C)C)cc2)n2nc(SCc3ccccc3)nc2N1. The maximum absolute atomic E-state index is 13.9. The normalized spacial score (nSPS) is 14.8. The van der Waals surface area contributed by atoms with E-state index >= 15 is 0 Å². The topological polar surface area (TPSA) is 71.8 Å². The number of hydrogen-bond acceptors (Lipinski definition) is 5. The molecule has 3 aromatic carbocycles. The molecule has 1 amide bonds. The van der Waals surface area contributed by atoms with Gasteiger partial charge in [-0.05, 0) is 60.6 Å². The van der Waals surface area contributed by atoms with Gasteiger partial charge >= 0.3 is 0 Å². The third kappa shape index (κ3) is 5.24. The Morgan fingerprint density at radius 2 is 1.74 bits per heavy atom. The predicted octanol–water partition coefficient (Wildman–Crippen LogP) is 7.24. The number of hydrogen-bond donors (Lipinski definition) is 2. The van der Waals surface area contributed by atoms with Crippen LogP contribution in [0.2, 0.25) is 0 Å². The van der Waals surface area contributed by atoms with Crippen LogP contribution in [0.3, 0.4) is 0 Å². The summed E-state index contributed by atoms with van der Waals surface area (Å²) in [4.78, 5) is 18.6. The highest BCUT2D eigenvalue weighted by atomic mass is 32.2. The highest BCUT2D eigenvalue weighted by molar-refractivity contribution is 7.98. The van der Waals surface area contributed by atoms with Gasteiger partial charge in [-0.1, -0.05) is 92.3 Å². The fraction of sp³-hybridized carbons (Fsp3) is 0.258. The summed E-state index contributed by atoms with van der Waals surface area (Å²) in [5.74, 6) is 1.68. The molecule has 2 N–H and O–H groups in total. The van der Waals surface area contributed by atoms with Crippen LogP contribution in [0.15, 0.2) is 89.2 Å². The van der Waals surface area contributed by atoms with Gasteiger partial charge in [0.25, 0.3) is 5.91 Å². The Kier molecular flexibility index (Phi) is 7.38. The number of amides is 1. The van der Waals surface area contributed by atoms with Crippen molar-refractivity contribution in [2.24, 2.45) is 0 Å². The summed E-state index contributed by atoms with van der Waals surface area (Å²) >= 11 is 1.59. The molecule has 0 spiro atoms. The Hall–Kier alpha value is -3.84. The predicted molar refractivity (Wildman–Crippen MR) is 156 cm³/mol. The van der Waals surface area contributed by atoms with Crippen LogP contribution in [0.5, 0.6) is 0 Å². The molecule has 0 bridgehead atoms. The van der Waals surface area contributed by atoms with E-state index in [9.17, 15) is 4.79 Å². The summed E-state index contributed by atoms with van der Waals surface area (Å²) in [5.41, 5.74) is 7.85. The number of allylic oxidation sites excluding steroid dienone is 1. The van der Waals surface area contributed by atoms with E-state index in [4.69, 9.17) is 10.1 Å². The highest BCUT2D eigenvalue weighted by Gasteiger charge is 2.34. The Morgan fingerprint density at radius 1 is 1.00 bits per heavy atom. The molecule has 2 heterocycles. The molecule has 1 aliphatic rings. The molecule has 5 rings (SSSR count). The second-order valence-corrected chi connectivity index (χ2v) is 11.0. The lowest BCUT2D eigenvalue weighted by molar-refractivity contribution is -0.113. The molecule has 0 saturated carbocycles. The molecule has 0 fully saturated rings. The van der Waals surface area contributed by atoms with E-state index in [1.54, 1.807) is 11.8 Å². The van der Waals surface area contributed by atoms with Crippen LogP contribution < -0.4 is 10.6 Å². The lowest BCUT2D eigenvalue weighted by Gasteiger charge is -2.29. The number of anilines is 2. The van der Waals surface area contributed by atoms with Gasteiger partial charge in [0.1, 0.15) is 6.04 Å². The van der Waals surface area contributed by atoms with Crippen molar-refractivity contribution < 1.29 is 4.79 Å². The van der Waals surface area contributed by atoms with Gasteiger partial charge in [-0.25, -0.2) is 4.68 Å². The Balaban J connectivity index is 1.51. The first-order valence-electron chi connectivity index (χ1n) is 12.9. The Morgan fingerprint density at radius 3 is 2.45 bits per heavy atom. The molecule has 0 saturated heterocycles. The zero-order valence-electron chi connectivity index (χ0n) is 22.4. The number of carbonyl (C=O) groups is 1. The van der Waals surface area contributed by atoms with Crippen LogP contribution in [0.4, 0.5) is 11.6 Å². The van der Waals surface area contributed by atoms with Crippen molar-refractivity contribution in [3.8, 4) is 0 Å². The zero-order chi connectivity index (χ0) is 26.8. The molecule has 38 heavy (non-hydrogen) atoms. The molecule has 0 radical (unpaired) electrons. The average molecular weight is 524 g/mol. The summed E-state index contributed by atoms with van der Waals surface area (Å²) < 4.78 is 1.85. The van der Waals surface area contributed by atoms with Gasteiger partial charge in [-0.3, -0.25) is 4.79 Å². The maximum atomic E-state index is 13.9. The number of aromatic nitrogens is 3. The molecular weight excluding hydrogens is 490 g/mol. The molecule has 6 nitrogen and oxygen atoms in total. The largest absolute Gasteiger partial charge is 0.328 e. The molecule has 0 aliphatic carbocycles. The van der Waals surface area contributed by atoms with Gasteiger partial charge in [0, 0.05) is 17.1 Å². The summed E-state index contributed by atoms with van der Waals surface area (Å²) in [6, 6.07) is 24.3. The van der Waals surface area contributed by atoms with Gasteiger partial charge in [0.15, 0.2) is 0 Å². The number of nitrogens with zero attached hydrogens (tertiary/aromatic N) is 3. The zero-order valence-corrected chi connectivity index (χ0v) is 23.3. The number of thioether (sulfide) groups is 1. The van der Waals surface area contributed by atoms with Crippen molar-refractivity contribution in [3.63, 3.8) is 0 Å². The third-order valence-corrected chi connectivity index (χ3v) is 7.97. The number of benzene rings is 3. The first-order chi connectivity index (χ1) is 18.3. The van der Waals surface area contributed by atoms with Gasteiger partial charge in [0.05, 0.1) is 5.57 Å². The molecule has 1 aliphatic heterocycles. The average Bonchev–Trinajstić information content (AvgIpc) is 3.32. The van der Waals surface area contributed by atoms with Gasteiger partial charge in [-0.15, -0.1) is 5.10 Å². The first-order valence-corrected chi connectivity index (χ1v) is 13.9. The van der Waals surface area contributed by atoms with E-state index < -0.39 is 6.04 Å². The lowest BCUT2D eigenvalue weighted by atomic mass is 9.92. The van der Waals surface area contributed by atoms with E-state index in [2.05, 4.69) is 60.9 Å². The van der Waals surface area contributed by atoms with E-state index in [1.807, 2.05) is 61.9 Å². The molecule has 4 aromatic rings. The summed E-state index contributed by atoms with van der Waals surface area (Å²) in [5, 5.41) is 12.1. The standard InChI is InChI=1S/C31H33N5OS/c1-19(2)24-14-16-25(17-15-24)28-27(29(37)33-26-13-9-10-20(3)21(26)4)22(5)32-30-34-31(35-36(28)30)38-18-23-11-7-6-8-12-23/h6-17,19,28H,18H2,1-5H3,(H,33,37)(H,32,34,35). The van der Waals surface area contributed by atoms with Crippen molar-refractivity contribution in [2.45, 2.75) is 57.5 Å². The van der Waals surface area contributed by atoms with Crippen molar-refractivity contribution in [1.82, 2.24) is 14.8 Å². The number of nitrogens with one attached hydrogen (secondary N) is 2. The van der Waals surface area contributed by atoms with Crippen LogP contribution in [-0.2, 0) is 10.5 Å². The van der Waals surface area contributed by atoms with Crippen LogP contribution in [0.25, 0.3) is 0 Å². The fourth-order valence-electron chi connectivity index (χ4n) is 4.66. The minimum absolute atomic E-state index is 0.152. The van der Waals surface area contributed by atoms with Crippen LogP contribution in [0.1, 0.15) is 60.5 Å². The summed E-state index contributed by atoms with van der Waals surface area (Å²) in [6.07, 6.45) is 0. The first kappa shape index (κ1) is 25.8. The molecule has 194 valence electrons. The number of carbonyl (C=O) groups excluding carboxylic acids is 1. The molecule has 1 unspecified atom stereocenters. The number of rotatable bonds is 7. The van der Waals surface area contributed by atoms with E-state index in [1.165, 1.54) is 11.1 Å². The quantitative estimate of drug-likeness (QED) is 0.250. The van der Waals surface area contributed by atoms with Crippen LogP contribution >= 0.6 is 11.8 Å². The highest BCUT2D eigenvalue weighted by Crippen LogP contribution is 2.37. The second kappa shape index (κ2) is 10.9. The van der Waals surface area contributed by atoms with E-state index in [0.717, 1.165) is 33.8 Å². The van der Waals surface area contributed by atoms with Gasteiger partial charge in [0.2, 0.25) is 11.1 Å². The van der Waals surface area contributed by atoms with Crippen molar-refractivity contribution in [3.05, 3.63) is 112 Å². The smallest absolute Gasteiger partial charge is 0.255 e. The van der Waals surface area contributed by atoms with Gasteiger partial charge < -0.3 is 10.6 Å². The van der Waals surface area contributed by atoms with Crippen molar-refractivity contribution >= 4 is 29.3 Å². The number of aryl methyl sites for hydroxylation is 1. The van der Waals surface area contributed by atoms with Crippen LogP contribution in [-0.4, -0.2) is 20.7 Å². The minimum atomic E-state index is -0.406. The minimum Gasteiger partial charge on any atom is -0.328 e. The molecular formula is C31H33N5OS. The third-order valence-electron chi connectivity index (χ3n) is 7.06. The summed E-state index contributed by atoms with van der Waals surface area (Å²) in [6.45, 7) is 10.4. The van der Waals surface area contributed by atoms with Crippen molar-refractivity contribution in [1.29, 1.82) is 0 Å². The Bertz CT molecular complexity index is 1490. The lowest BCUT2D eigenvalue weighted by Crippen LogP contribution is -2.31. The van der Waals surface area contributed by atoms with E-state index in [-0.39, 0.29) is 5.91 Å². The van der Waals surface area contributed by atoms with Crippen LogP contribution in [0, 0.1) is 13.8 Å². The monoisotopic (exact) mass is 523 g/mol. The summed E-state index contributed by atoms with van der Waals surface area (Å²) in [7, 11) is 0. The second-order valence-electron chi connectivity index (χ2n) is 10.0. The fourth-order valence-corrected chi connectivity index (χ4v) is 5.44. The molecule has 7 heteroatoms. The molecule has 1 atom stereocenters.